The van der Waals surface area contributed by atoms with E-state index in [1.807, 2.05) is 0 Å². The highest BCUT2D eigenvalue weighted by atomic mass is 31.1. The van der Waals surface area contributed by atoms with Gasteiger partial charge in [-0.3, -0.25) is 0 Å². The normalized spacial score (nSPS) is 49.8. The Bertz CT molecular complexity index is 472. The van der Waals surface area contributed by atoms with Crippen LogP contribution < -0.4 is 0 Å². The minimum absolute atomic E-state index is 0.154. The van der Waals surface area contributed by atoms with Gasteiger partial charge in [0.1, 0.15) is 0 Å². The molecule has 24 heavy (non-hydrogen) atoms. The summed E-state index contributed by atoms with van der Waals surface area (Å²) >= 11 is 0. The van der Waals surface area contributed by atoms with Crippen LogP contribution in [-0.2, 0) is 9.47 Å². The number of aliphatic hydroxyl groups is 1. The van der Waals surface area contributed by atoms with Crippen LogP contribution in [0.25, 0.3) is 0 Å². The lowest BCUT2D eigenvalue weighted by atomic mass is 9.75. The Hall–Kier alpha value is 0.310. The van der Waals surface area contributed by atoms with Gasteiger partial charge >= 0.3 is 0 Å². The van der Waals surface area contributed by atoms with Gasteiger partial charge in [-0.2, -0.15) is 0 Å². The van der Waals surface area contributed by atoms with Crippen molar-refractivity contribution in [3.63, 3.8) is 0 Å². The maximum absolute atomic E-state index is 11.4. The molecular formula is C20H37O3P. The zero-order valence-electron chi connectivity index (χ0n) is 16.4. The molecule has 5 unspecified atom stereocenters. The maximum atomic E-state index is 11.4. The summed E-state index contributed by atoms with van der Waals surface area (Å²) in [5, 5.41) is 11.9. The van der Waals surface area contributed by atoms with Gasteiger partial charge in [0.25, 0.3) is 0 Å². The molecule has 3 aliphatic heterocycles. The fourth-order valence-corrected chi connectivity index (χ4v) is 10.3. The standard InChI is InChI=1S/C20H37O3P/c1-6-10-17-14-19(21,12-8-3)23-20(13-9-4)15-18(11-7-2,24(17)5)16(17)22-20/h16,21H,6-15H2,1-5H3/t16?,17?,18?,19-,20?,24?/m1/s1. The molecule has 3 saturated heterocycles. The molecule has 2 bridgehead atoms. The molecule has 0 radical (unpaired) electrons. The molecule has 0 saturated carbocycles. The quantitative estimate of drug-likeness (QED) is 0.593. The Morgan fingerprint density at radius 1 is 0.875 bits per heavy atom. The Kier molecular flexibility index (Phi) is 5.15. The van der Waals surface area contributed by atoms with Gasteiger partial charge in [-0.1, -0.05) is 61.3 Å². The van der Waals surface area contributed by atoms with Crippen LogP contribution in [0.2, 0.25) is 0 Å². The zero-order valence-corrected chi connectivity index (χ0v) is 17.3. The van der Waals surface area contributed by atoms with E-state index in [1.54, 1.807) is 0 Å². The maximum Gasteiger partial charge on any atom is 0.173 e. The second kappa shape index (κ2) is 6.48. The summed E-state index contributed by atoms with van der Waals surface area (Å²) in [6.45, 7) is 11.4. The summed E-state index contributed by atoms with van der Waals surface area (Å²) < 4.78 is 13.3. The molecule has 1 N–H and O–H groups in total. The molecule has 0 aliphatic carbocycles. The van der Waals surface area contributed by atoms with E-state index in [2.05, 4.69) is 34.4 Å². The minimum atomic E-state index is -0.997. The number of ether oxygens (including phenoxy) is 2. The molecule has 0 amide bonds. The Balaban J connectivity index is 2.03. The van der Waals surface area contributed by atoms with Crippen molar-refractivity contribution in [3.8, 4) is 0 Å². The van der Waals surface area contributed by atoms with Gasteiger partial charge in [0.15, 0.2) is 11.6 Å². The first kappa shape index (κ1) is 19.1. The van der Waals surface area contributed by atoms with Gasteiger partial charge in [-0.25, -0.2) is 0 Å². The molecular weight excluding hydrogens is 319 g/mol. The zero-order chi connectivity index (χ0) is 17.6. The predicted molar refractivity (Wildman–Crippen MR) is 101 cm³/mol. The van der Waals surface area contributed by atoms with Gasteiger partial charge in [-0.05, 0) is 19.5 Å². The third-order valence-corrected chi connectivity index (χ3v) is 10.7. The molecule has 0 aromatic heterocycles. The third-order valence-electron chi connectivity index (χ3n) is 6.82. The van der Waals surface area contributed by atoms with Crippen LogP contribution in [-0.4, -0.2) is 39.8 Å². The van der Waals surface area contributed by atoms with Crippen LogP contribution in [0, 0.1) is 0 Å². The summed E-state index contributed by atoms with van der Waals surface area (Å²) in [5.74, 6) is -1.54. The Morgan fingerprint density at radius 2 is 1.42 bits per heavy atom. The Morgan fingerprint density at radius 3 is 1.96 bits per heavy atom. The second-order valence-corrected chi connectivity index (χ2v) is 11.5. The fraction of sp³-hybridized carbons (Fsp3) is 1.00. The first-order chi connectivity index (χ1) is 11.4. The minimum Gasteiger partial charge on any atom is -0.365 e. The smallest absolute Gasteiger partial charge is 0.173 e. The number of rotatable bonds is 8. The summed E-state index contributed by atoms with van der Waals surface area (Å²) in [6.07, 6.45) is 10.5. The molecule has 3 rings (SSSR count). The van der Waals surface area contributed by atoms with Gasteiger partial charge in [-0.15, -0.1) is 0 Å². The third kappa shape index (κ3) is 2.53. The first-order valence-corrected chi connectivity index (χ1v) is 12.0. The van der Waals surface area contributed by atoms with Crippen molar-refractivity contribution in [2.75, 3.05) is 6.66 Å². The van der Waals surface area contributed by atoms with Gasteiger partial charge in [0.05, 0.1) is 6.10 Å². The SMILES string of the molecule is CCCC12CC3(CCC)C(O1)C(CCC)(C[C@@](O)(CCC)O2)P3C. The highest BCUT2D eigenvalue weighted by Crippen LogP contribution is 2.83. The molecule has 0 aromatic rings. The van der Waals surface area contributed by atoms with Gasteiger partial charge < -0.3 is 14.6 Å². The lowest BCUT2D eigenvalue weighted by molar-refractivity contribution is -0.332. The van der Waals surface area contributed by atoms with Crippen LogP contribution in [0.5, 0.6) is 0 Å². The molecule has 0 spiro atoms. The molecule has 4 heteroatoms. The molecule has 6 atom stereocenters. The molecule has 3 heterocycles. The largest absolute Gasteiger partial charge is 0.365 e. The summed E-state index contributed by atoms with van der Waals surface area (Å²) in [5.41, 5.74) is 0. The number of hydrogen-bond acceptors (Lipinski definition) is 3. The lowest BCUT2D eigenvalue weighted by Gasteiger charge is -2.66. The number of fused-ring (bicyclic) bond motifs is 1. The van der Waals surface area contributed by atoms with Crippen molar-refractivity contribution < 1.29 is 14.6 Å². The van der Waals surface area contributed by atoms with Crippen LogP contribution in [0.1, 0.15) is 91.9 Å². The topological polar surface area (TPSA) is 38.7 Å². The van der Waals surface area contributed by atoms with Crippen LogP contribution in [0.3, 0.4) is 0 Å². The van der Waals surface area contributed by atoms with Crippen LogP contribution >= 0.6 is 7.92 Å². The Labute approximate surface area is 149 Å². The van der Waals surface area contributed by atoms with Crippen molar-refractivity contribution in [2.24, 2.45) is 0 Å². The van der Waals surface area contributed by atoms with E-state index in [0.717, 1.165) is 44.9 Å². The highest BCUT2D eigenvalue weighted by Gasteiger charge is 2.78. The van der Waals surface area contributed by atoms with Crippen molar-refractivity contribution in [1.29, 1.82) is 0 Å². The van der Waals surface area contributed by atoms with Crippen molar-refractivity contribution >= 4 is 7.92 Å². The van der Waals surface area contributed by atoms with Crippen molar-refractivity contribution in [2.45, 2.75) is 120 Å². The first-order valence-electron chi connectivity index (χ1n) is 10.2. The lowest BCUT2D eigenvalue weighted by Crippen LogP contribution is -2.67. The second-order valence-electron chi connectivity index (χ2n) is 8.58. The monoisotopic (exact) mass is 356 g/mol. The van der Waals surface area contributed by atoms with E-state index in [1.165, 1.54) is 19.3 Å². The fourth-order valence-electron chi connectivity index (χ4n) is 6.26. The van der Waals surface area contributed by atoms with Crippen LogP contribution in [0.15, 0.2) is 0 Å². The molecule has 3 nitrogen and oxygen atoms in total. The molecule has 0 aromatic carbocycles. The number of hydrogen-bond donors (Lipinski definition) is 1. The summed E-state index contributed by atoms with van der Waals surface area (Å²) in [4.78, 5) is 0. The molecule has 3 aliphatic rings. The van der Waals surface area contributed by atoms with E-state index in [9.17, 15) is 5.11 Å². The average molecular weight is 356 g/mol. The van der Waals surface area contributed by atoms with Crippen molar-refractivity contribution in [1.82, 2.24) is 0 Å². The van der Waals surface area contributed by atoms with E-state index in [0.29, 0.717) is 11.3 Å². The highest BCUT2D eigenvalue weighted by molar-refractivity contribution is 7.62. The summed E-state index contributed by atoms with van der Waals surface area (Å²) in [6, 6.07) is 0. The van der Waals surface area contributed by atoms with E-state index in [4.69, 9.17) is 9.47 Å². The summed E-state index contributed by atoms with van der Waals surface area (Å²) in [7, 11) is -0.154. The van der Waals surface area contributed by atoms with E-state index in [-0.39, 0.29) is 13.1 Å². The van der Waals surface area contributed by atoms with Gasteiger partial charge in [0.2, 0.25) is 0 Å². The molecule has 3 fully saturated rings. The van der Waals surface area contributed by atoms with Gasteiger partial charge in [0, 0.05) is 36.0 Å². The average Bonchev–Trinajstić information content (AvgIpc) is 2.74. The van der Waals surface area contributed by atoms with E-state index < -0.39 is 11.6 Å². The van der Waals surface area contributed by atoms with Crippen molar-refractivity contribution in [3.05, 3.63) is 0 Å². The van der Waals surface area contributed by atoms with Crippen LogP contribution in [0.4, 0.5) is 0 Å². The van der Waals surface area contributed by atoms with E-state index >= 15 is 0 Å². The predicted octanol–water partition coefficient (Wildman–Crippen LogP) is 5.38. The molecule has 140 valence electrons.